The average molecular weight is 545 g/mol. The normalized spacial score (nSPS) is 18.1. The number of β-amino-alcohol motifs (C(OH)–C–C–N with tert-alkyl or cyclic N) is 1. The van der Waals surface area contributed by atoms with Gasteiger partial charge in [0.15, 0.2) is 11.6 Å². The van der Waals surface area contributed by atoms with Gasteiger partial charge in [-0.1, -0.05) is 0 Å². The highest BCUT2D eigenvalue weighted by atomic mass is 32.2. The van der Waals surface area contributed by atoms with Crippen LogP contribution in [-0.4, -0.2) is 71.0 Å². The van der Waals surface area contributed by atoms with Crippen molar-refractivity contribution in [1.29, 1.82) is 0 Å². The van der Waals surface area contributed by atoms with Crippen molar-refractivity contribution in [2.24, 2.45) is 0 Å². The molecule has 3 heterocycles. The van der Waals surface area contributed by atoms with Crippen molar-refractivity contribution in [2.45, 2.75) is 36.7 Å². The smallest absolute Gasteiger partial charge is 0.243 e. The number of sulfonamides is 1. The number of piperidine rings is 1. The van der Waals surface area contributed by atoms with E-state index in [1.165, 1.54) is 34.6 Å². The SMILES string of the molecule is Cc1cc(Nc2nc(Nc3ccc(S(=O)(=O)N4CCC(O)(CN5CCC5)CC4)cc3)ncc2F)ccc1F. The van der Waals surface area contributed by atoms with E-state index in [0.717, 1.165) is 25.7 Å². The lowest BCUT2D eigenvalue weighted by Crippen LogP contribution is -2.54. The molecule has 0 spiro atoms. The minimum Gasteiger partial charge on any atom is -0.388 e. The molecule has 202 valence electrons. The summed E-state index contributed by atoms with van der Waals surface area (Å²) >= 11 is 0. The van der Waals surface area contributed by atoms with Gasteiger partial charge in [-0.25, -0.2) is 22.2 Å². The summed E-state index contributed by atoms with van der Waals surface area (Å²) in [5.74, 6) is -1.04. The number of nitrogens with zero attached hydrogens (tertiary/aromatic N) is 4. The van der Waals surface area contributed by atoms with Crippen molar-refractivity contribution >= 4 is 33.2 Å². The van der Waals surface area contributed by atoms with E-state index in [1.807, 2.05) is 0 Å². The molecule has 2 aliphatic heterocycles. The van der Waals surface area contributed by atoms with Gasteiger partial charge in [0.05, 0.1) is 16.7 Å². The lowest BCUT2D eigenvalue weighted by atomic mass is 9.91. The van der Waals surface area contributed by atoms with Gasteiger partial charge in [0.2, 0.25) is 16.0 Å². The van der Waals surface area contributed by atoms with Crippen LogP contribution in [0.25, 0.3) is 0 Å². The zero-order valence-corrected chi connectivity index (χ0v) is 21.8. The lowest BCUT2D eigenvalue weighted by Gasteiger charge is -2.43. The minimum atomic E-state index is -3.71. The molecule has 0 aliphatic carbocycles. The van der Waals surface area contributed by atoms with Crippen molar-refractivity contribution < 1.29 is 22.3 Å². The molecule has 0 bridgehead atoms. The maximum atomic E-state index is 14.3. The van der Waals surface area contributed by atoms with E-state index in [1.54, 1.807) is 19.1 Å². The number of hydrogen-bond donors (Lipinski definition) is 3. The van der Waals surface area contributed by atoms with E-state index in [-0.39, 0.29) is 35.6 Å². The molecule has 1 aromatic heterocycles. The molecule has 0 amide bonds. The van der Waals surface area contributed by atoms with E-state index in [2.05, 4.69) is 25.5 Å². The van der Waals surface area contributed by atoms with Gasteiger partial charge < -0.3 is 20.6 Å². The third-order valence-electron chi connectivity index (χ3n) is 7.03. The molecule has 0 atom stereocenters. The summed E-state index contributed by atoms with van der Waals surface area (Å²) < 4.78 is 55.6. The van der Waals surface area contributed by atoms with E-state index < -0.39 is 21.4 Å². The Morgan fingerprint density at radius 2 is 1.66 bits per heavy atom. The largest absolute Gasteiger partial charge is 0.388 e. The zero-order chi connectivity index (χ0) is 26.9. The van der Waals surface area contributed by atoms with E-state index in [0.29, 0.717) is 36.3 Å². The molecule has 9 nitrogen and oxygen atoms in total. The maximum absolute atomic E-state index is 14.3. The van der Waals surface area contributed by atoms with Gasteiger partial charge in [-0.2, -0.15) is 9.29 Å². The fourth-order valence-corrected chi connectivity index (χ4v) is 6.06. The molecular formula is C26H30F2N6O3S. The first kappa shape index (κ1) is 26.4. The molecule has 3 N–H and O–H groups in total. The summed E-state index contributed by atoms with van der Waals surface area (Å²) in [6.07, 6.45) is 2.95. The van der Waals surface area contributed by atoms with Crippen LogP contribution in [0.15, 0.2) is 53.6 Å². The fourth-order valence-electron chi connectivity index (χ4n) is 4.62. The van der Waals surface area contributed by atoms with Crippen molar-refractivity contribution in [3.05, 3.63) is 65.9 Å². The Labute approximate surface area is 220 Å². The van der Waals surface area contributed by atoms with E-state index >= 15 is 0 Å². The van der Waals surface area contributed by atoms with Gasteiger partial charge >= 0.3 is 0 Å². The summed E-state index contributed by atoms with van der Waals surface area (Å²) in [7, 11) is -3.71. The topological polar surface area (TPSA) is 111 Å². The molecule has 2 aromatic carbocycles. The molecule has 3 aromatic rings. The van der Waals surface area contributed by atoms with Gasteiger partial charge in [0.25, 0.3) is 0 Å². The van der Waals surface area contributed by atoms with E-state index in [4.69, 9.17) is 0 Å². The van der Waals surface area contributed by atoms with Crippen molar-refractivity contribution in [3.63, 3.8) is 0 Å². The van der Waals surface area contributed by atoms with Crippen LogP contribution in [0.2, 0.25) is 0 Å². The zero-order valence-electron chi connectivity index (χ0n) is 21.0. The molecular weight excluding hydrogens is 514 g/mol. The number of halogens is 2. The number of aryl methyl sites for hydroxylation is 1. The molecule has 2 aliphatic rings. The quantitative estimate of drug-likeness (QED) is 0.393. The molecule has 2 fully saturated rings. The Hall–Kier alpha value is -3.19. The van der Waals surface area contributed by atoms with Gasteiger partial charge in [0, 0.05) is 31.0 Å². The van der Waals surface area contributed by atoms with E-state index in [9.17, 15) is 22.3 Å². The Morgan fingerprint density at radius 1 is 0.974 bits per heavy atom. The molecule has 0 radical (unpaired) electrons. The Morgan fingerprint density at radius 3 is 2.29 bits per heavy atom. The molecule has 0 unspecified atom stereocenters. The molecule has 38 heavy (non-hydrogen) atoms. The predicted octanol–water partition coefficient (Wildman–Crippen LogP) is 3.77. The fraction of sp³-hybridized carbons (Fsp3) is 0.385. The molecule has 12 heteroatoms. The standard InChI is InChI=1S/C26H30F2N6O3S/c1-18-15-20(5-8-22(18)27)30-24-23(28)16-29-25(32-24)31-19-3-6-21(7-4-19)38(36,37)34-13-9-26(35,10-14-34)17-33-11-2-12-33/h3-8,15-16,35H,2,9-14,17H2,1H3,(H2,29,30,31,32). The van der Waals surface area contributed by atoms with Crippen molar-refractivity contribution in [1.82, 2.24) is 19.2 Å². The summed E-state index contributed by atoms with van der Waals surface area (Å²) in [4.78, 5) is 10.4. The molecule has 2 saturated heterocycles. The maximum Gasteiger partial charge on any atom is 0.243 e. The van der Waals surface area contributed by atoms with Crippen LogP contribution in [0, 0.1) is 18.6 Å². The first-order valence-electron chi connectivity index (χ1n) is 12.5. The summed E-state index contributed by atoms with van der Waals surface area (Å²) in [6, 6.07) is 10.4. The summed E-state index contributed by atoms with van der Waals surface area (Å²) in [5.41, 5.74) is 0.545. The number of aromatic nitrogens is 2. The van der Waals surface area contributed by atoms with Gasteiger partial charge in [-0.15, -0.1) is 0 Å². The third-order valence-corrected chi connectivity index (χ3v) is 8.95. The number of nitrogens with one attached hydrogen (secondary N) is 2. The lowest BCUT2D eigenvalue weighted by molar-refractivity contribution is -0.0450. The number of rotatable bonds is 8. The van der Waals surface area contributed by atoms with Crippen LogP contribution >= 0.6 is 0 Å². The first-order valence-corrected chi connectivity index (χ1v) is 13.9. The Bertz CT molecular complexity index is 1410. The van der Waals surface area contributed by atoms with Crippen LogP contribution in [0.3, 0.4) is 0 Å². The van der Waals surface area contributed by atoms with Gasteiger partial charge in [-0.05, 0) is 87.3 Å². The highest BCUT2D eigenvalue weighted by molar-refractivity contribution is 7.89. The van der Waals surface area contributed by atoms with Crippen molar-refractivity contribution in [3.8, 4) is 0 Å². The predicted molar refractivity (Wildman–Crippen MR) is 140 cm³/mol. The van der Waals surface area contributed by atoms with Gasteiger partial charge in [-0.3, -0.25) is 0 Å². The highest BCUT2D eigenvalue weighted by Crippen LogP contribution is 2.29. The molecule has 5 rings (SSSR count). The second kappa shape index (κ2) is 10.5. The minimum absolute atomic E-state index is 0.0909. The number of benzene rings is 2. The monoisotopic (exact) mass is 544 g/mol. The highest BCUT2D eigenvalue weighted by Gasteiger charge is 2.38. The van der Waals surface area contributed by atoms with Crippen molar-refractivity contribution in [2.75, 3.05) is 43.4 Å². The number of aliphatic hydroxyl groups is 1. The Balaban J connectivity index is 1.23. The van der Waals surface area contributed by atoms with Crippen LogP contribution in [0.4, 0.5) is 31.9 Å². The summed E-state index contributed by atoms with van der Waals surface area (Å²) in [6.45, 7) is 4.69. The van der Waals surface area contributed by atoms with Crippen LogP contribution in [-0.2, 0) is 10.0 Å². The number of anilines is 4. The van der Waals surface area contributed by atoms with Gasteiger partial charge in [0.1, 0.15) is 5.82 Å². The van der Waals surface area contributed by atoms with Crippen LogP contribution in [0.5, 0.6) is 0 Å². The molecule has 0 saturated carbocycles. The average Bonchev–Trinajstić information content (AvgIpc) is 2.86. The third kappa shape index (κ3) is 5.78. The van der Waals surface area contributed by atoms with Crippen LogP contribution in [0.1, 0.15) is 24.8 Å². The number of likely N-dealkylation sites (tertiary alicyclic amines) is 1. The second-order valence-electron chi connectivity index (χ2n) is 9.89. The van der Waals surface area contributed by atoms with Crippen LogP contribution < -0.4 is 10.6 Å². The summed E-state index contributed by atoms with van der Waals surface area (Å²) in [5, 5.41) is 16.6. The first-order chi connectivity index (χ1) is 18.1. The number of hydrogen-bond acceptors (Lipinski definition) is 8. The Kier molecular flexibility index (Phi) is 7.32. The second-order valence-corrected chi connectivity index (χ2v) is 11.8.